The average molecular weight is 431 g/mol. The fourth-order valence-electron chi connectivity index (χ4n) is 3.33. The zero-order valence-electron chi connectivity index (χ0n) is 17.7. The molecule has 164 valence electrons. The van der Waals surface area contributed by atoms with Crippen LogP contribution in [0.15, 0.2) is 84.9 Å². The Kier molecular flexibility index (Phi) is 7.59. The van der Waals surface area contributed by atoms with Gasteiger partial charge in [0.1, 0.15) is 12.6 Å². The standard InChI is InChI=1S/C25H25N3O4/c1-18-9-8-12-20(15-18)26-25(32)27-22(16-19-10-4-2-5-11-19)24(31)28(17-23(29)30)21-13-6-3-7-14-21/h2-15,22H,16-17H2,1H3,(H,29,30)(H2,26,27,32). The van der Waals surface area contributed by atoms with E-state index in [9.17, 15) is 19.5 Å². The Morgan fingerprint density at radius 1 is 0.906 bits per heavy atom. The summed E-state index contributed by atoms with van der Waals surface area (Å²) in [6.07, 6.45) is 0.212. The zero-order chi connectivity index (χ0) is 22.9. The van der Waals surface area contributed by atoms with Crippen LogP contribution < -0.4 is 15.5 Å². The molecule has 3 amide bonds. The predicted octanol–water partition coefficient (Wildman–Crippen LogP) is 3.85. The van der Waals surface area contributed by atoms with Gasteiger partial charge in [0, 0.05) is 17.8 Å². The Hall–Kier alpha value is -4.13. The Bertz CT molecular complexity index is 1070. The van der Waals surface area contributed by atoms with Gasteiger partial charge in [-0.3, -0.25) is 14.5 Å². The fourth-order valence-corrected chi connectivity index (χ4v) is 3.33. The molecule has 7 heteroatoms. The summed E-state index contributed by atoms with van der Waals surface area (Å²) in [6, 6.07) is 23.6. The molecular weight excluding hydrogens is 406 g/mol. The molecule has 0 heterocycles. The number of aliphatic carboxylic acids is 1. The van der Waals surface area contributed by atoms with E-state index < -0.39 is 30.5 Å². The SMILES string of the molecule is Cc1cccc(NC(=O)NC(Cc2ccccc2)C(=O)N(CC(=O)O)c2ccccc2)c1. The molecule has 0 aliphatic heterocycles. The van der Waals surface area contributed by atoms with Crippen LogP contribution in [0.3, 0.4) is 0 Å². The first-order valence-corrected chi connectivity index (χ1v) is 10.2. The molecule has 0 aliphatic carbocycles. The molecule has 3 N–H and O–H groups in total. The maximum absolute atomic E-state index is 13.4. The number of nitrogens with one attached hydrogen (secondary N) is 2. The molecule has 0 bridgehead atoms. The van der Waals surface area contributed by atoms with E-state index in [-0.39, 0.29) is 6.42 Å². The van der Waals surface area contributed by atoms with Gasteiger partial charge in [0.05, 0.1) is 0 Å². The van der Waals surface area contributed by atoms with Gasteiger partial charge in [0.25, 0.3) is 5.91 Å². The van der Waals surface area contributed by atoms with Crippen LogP contribution in [0.25, 0.3) is 0 Å². The number of carbonyl (C=O) groups is 3. The zero-order valence-corrected chi connectivity index (χ0v) is 17.7. The second kappa shape index (κ2) is 10.8. The lowest BCUT2D eigenvalue weighted by Gasteiger charge is -2.27. The van der Waals surface area contributed by atoms with Gasteiger partial charge in [-0.1, -0.05) is 60.7 Å². The molecular formula is C25H25N3O4. The molecule has 0 aliphatic rings. The number of para-hydroxylation sites is 1. The summed E-state index contributed by atoms with van der Waals surface area (Å²) in [5.74, 6) is -1.66. The number of nitrogens with zero attached hydrogens (tertiary/aromatic N) is 1. The highest BCUT2D eigenvalue weighted by Crippen LogP contribution is 2.17. The summed E-state index contributed by atoms with van der Waals surface area (Å²) in [5, 5.41) is 14.8. The van der Waals surface area contributed by atoms with Crippen molar-refractivity contribution in [2.75, 3.05) is 16.8 Å². The van der Waals surface area contributed by atoms with Crippen molar-refractivity contribution in [3.05, 3.63) is 96.1 Å². The molecule has 3 aromatic rings. The summed E-state index contributed by atoms with van der Waals surface area (Å²) in [5.41, 5.74) is 2.86. The highest BCUT2D eigenvalue weighted by molar-refractivity contribution is 6.03. The summed E-state index contributed by atoms with van der Waals surface area (Å²) < 4.78 is 0. The van der Waals surface area contributed by atoms with E-state index in [1.54, 1.807) is 36.4 Å². The van der Waals surface area contributed by atoms with Crippen LogP contribution in [0.2, 0.25) is 0 Å². The van der Waals surface area contributed by atoms with Crippen molar-refractivity contribution in [2.24, 2.45) is 0 Å². The Morgan fingerprint density at radius 3 is 2.19 bits per heavy atom. The average Bonchev–Trinajstić information content (AvgIpc) is 2.78. The summed E-state index contributed by atoms with van der Waals surface area (Å²) in [4.78, 5) is 38.8. The topological polar surface area (TPSA) is 98.7 Å². The summed E-state index contributed by atoms with van der Waals surface area (Å²) >= 11 is 0. The first-order chi connectivity index (χ1) is 15.4. The number of aryl methyl sites for hydroxylation is 1. The first kappa shape index (κ1) is 22.6. The second-order valence-corrected chi connectivity index (χ2v) is 7.36. The van der Waals surface area contributed by atoms with Gasteiger partial charge in [0.15, 0.2) is 0 Å². The van der Waals surface area contributed by atoms with E-state index in [0.717, 1.165) is 11.1 Å². The molecule has 0 saturated carbocycles. The maximum Gasteiger partial charge on any atom is 0.323 e. The van der Waals surface area contributed by atoms with Crippen molar-refractivity contribution in [2.45, 2.75) is 19.4 Å². The minimum absolute atomic E-state index is 0.212. The number of urea groups is 1. The molecule has 0 radical (unpaired) electrons. The van der Waals surface area contributed by atoms with E-state index in [1.165, 1.54) is 4.90 Å². The number of benzene rings is 3. The van der Waals surface area contributed by atoms with Crippen LogP contribution in [0, 0.1) is 6.92 Å². The van der Waals surface area contributed by atoms with Crippen LogP contribution in [0.1, 0.15) is 11.1 Å². The summed E-state index contributed by atoms with van der Waals surface area (Å²) in [6.45, 7) is 1.39. The van der Waals surface area contributed by atoms with Gasteiger partial charge >= 0.3 is 12.0 Å². The largest absolute Gasteiger partial charge is 0.480 e. The van der Waals surface area contributed by atoms with E-state index >= 15 is 0 Å². The van der Waals surface area contributed by atoms with E-state index in [2.05, 4.69) is 10.6 Å². The van der Waals surface area contributed by atoms with Crippen LogP contribution in [0.5, 0.6) is 0 Å². The maximum atomic E-state index is 13.4. The van der Waals surface area contributed by atoms with Crippen molar-refractivity contribution in [3.8, 4) is 0 Å². The second-order valence-electron chi connectivity index (χ2n) is 7.36. The highest BCUT2D eigenvalue weighted by atomic mass is 16.4. The Morgan fingerprint density at radius 2 is 1.56 bits per heavy atom. The van der Waals surface area contributed by atoms with E-state index in [4.69, 9.17) is 0 Å². The van der Waals surface area contributed by atoms with Crippen molar-refractivity contribution >= 4 is 29.3 Å². The van der Waals surface area contributed by atoms with Crippen molar-refractivity contribution in [1.82, 2.24) is 5.32 Å². The quantitative estimate of drug-likeness (QED) is 0.505. The molecule has 0 saturated heterocycles. The van der Waals surface area contributed by atoms with Crippen LogP contribution in [-0.4, -0.2) is 35.6 Å². The first-order valence-electron chi connectivity index (χ1n) is 10.2. The highest BCUT2D eigenvalue weighted by Gasteiger charge is 2.28. The van der Waals surface area contributed by atoms with Gasteiger partial charge in [-0.05, 0) is 42.3 Å². The van der Waals surface area contributed by atoms with E-state index in [1.807, 2.05) is 55.5 Å². The fraction of sp³-hybridized carbons (Fsp3) is 0.160. The molecule has 0 fully saturated rings. The van der Waals surface area contributed by atoms with Gasteiger partial charge in [-0.25, -0.2) is 4.79 Å². The lowest BCUT2D eigenvalue weighted by molar-refractivity contribution is -0.136. The molecule has 0 aromatic heterocycles. The normalized spacial score (nSPS) is 11.3. The Balaban J connectivity index is 1.85. The van der Waals surface area contributed by atoms with E-state index in [0.29, 0.717) is 11.4 Å². The lowest BCUT2D eigenvalue weighted by atomic mass is 10.0. The van der Waals surface area contributed by atoms with Crippen LogP contribution in [-0.2, 0) is 16.0 Å². The number of hydrogen-bond acceptors (Lipinski definition) is 3. The molecule has 7 nitrogen and oxygen atoms in total. The minimum Gasteiger partial charge on any atom is -0.480 e. The number of amides is 3. The monoisotopic (exact) mass is 431 g/mol. The van der Waals surface area contributed by atoms with Gasteiger partial charge in [-0.2, -0.15) is 0 Å². The predicted molar refractivity (Wildman–Crippen MR) is 124 cm³/mol. The molecule has 0 spiro atoms. The van der Waals surface area contributed by atoms with Gasteiger partial charge < -0.3 is 15.7 Å². The minimum atomic E-state index is -1.15. The molecule has 3 rings (SSSR count). The smallest absolute Gasteiger partial charge is 0.323 e. The van der Waals surface area contributed by atoms with Crippen LogP contribution >= 0.6 is 0 Å². The number of carbonyl (C=O) groups excluding carboxylic acids is 2. The number of rotatable bonds is 8. The van der Waals surface area contributed by atoms with Crippen molar-refractivity contribution in [1.29, 1.82) is 0 Å². The van der Waals surface area contributed by atoms with Crippen molar-refractivity contribution < 1.29 is 19.5 Å². The number of carboxylic acids is 1. The van der Waals surface area contributed by atoms with Crippen LogP contribution in [0.4, 0.5) is 16.2 Å². The van der Waals surface area contributed by atoms with Gasteiger partial charge in [-0.15, -0.1) is 0 Å². The van der Waals surface area contributed by atoms with Gasteiger partial charge in [0.2, 0.25) is 0 Å². The third-order valence-corrected chi connectivity index (χ3v) is 4.79. The Labute approximate surface area is 186 Å². The molecule has 32 heavy (non-hydrogen) atoms. The lowest BCUT2D eigenvalue weighted by Crippen LogP contribution is -2.52. The number of hydrogen-bond donors (Lipinski definition) is 3. The molecule has 3 aromatic carbocycles. The molecule has 1 unspecified atom stereocenters. The summed E-state index contributed by atoms with van der Waals surface area (Å²) in [7, 11) is 0. The third kappa shape index (κ3) is 6.43. The van der Waals surface area contributed by atoms with Crippen molar-refractivity contribution in [3.63, 3.8) is 0 Å². The molecule has 1 atom stereocenters. The number of carboxylic acid groups (broad SMARTS) is 1. The third-order valence-electron chi connectivity index (χ3n) is 4.79. The number of anilines is 2.